The highest BCUT2D eigenvalue weighted by Crippen LogP contribution is 2.23. The zero-order chi connectivity index (χ0) is 19.1. The van der Waals surface area contributed by atoms with Crippen LogP contribution in [-0.4, -0.2) is 24.9 Å². The lowest BCUT2D eigenvalue weighted by Gasteiger charge is -2.08. The number of hydrogen-bond donors (Lipinski definition) is 1. The lowest BCUT2D eigenvalue weighted by Crippen LogP contribution is -2.29. The second-order valence-corrected chi connectivity index (χ2v) is 7.96. The zero-order valence-corrected chi connectivity index (χ0v) is 17.0. The molecule has 144 valence electrons. The average Bonchev–Trinajstić information content (AvgIpc) is 2.93. The van der Waals surface area contributed by atoms with Crippen LogP contribution >= 0.6 is 11.8 Å². The maximum absolute atomic E-state index is 12.3. The van der Waals surface area contributed by atoms with Gasteiger partial charge < -0.3 is 4.57 Å². The third-order valence-electron chi connectivity index (χ3n) is 4.38. The van der Waals surface area contributed by atoms with Crippen molar-refractivity contribution < 1.29 is 0 Å². The first-order valence-corrected chi connectivity index (χ1v) is 10.4. The summed E-state index contributed by atoms with van der Waals surface area (Å²) >= 11 is 1.65. The van der Waals surface area contributed by atoms with Gasteiger partial charge in [-0.25, -0.2) is 9.78 Å². The van der Waals surface area contributed by atoms with Gasteiger partial charge in [-0.3, -0.25) is 14.3 Å². The van der Waals surface area contributed by atoms with Gasteiger partial charge in [0.25, 0.3) is 5.56 Å². The van der Waals surface area contributed by atoms with E-state index in [0.29, 0.717) is 17.7 Å². The van der Waals surface area contributed by atoms with E-state index < -0.39 is 5.69 Å². The molecule has 6 nitrogen and oxygen atoms in total. The maximum atomic E-state index is 12.3. The molecule has 0 fully saturated rings. The maximum Gasteiger partial charge on any atom is 0.329 e. The van der Waals surface area contributed by atoms with Crippen LogP contribution in [-0.2, 0) is 13.6 Å². The van der Waals surface area contributed by atoms with E-state index in [1.165, 1.54) is 43.1 Å². The van der Waals surface area contributed by atoms with E-state index in [9.17, 15) is 9.59 Å². The molecule has 1 N–H and O–H groups in total. The number of nitrogens with zero attached hydrogens (tertiary/aromatic N) is 3. The van der Waals surface area contributed by atoms with Crippen molar-refractivity contribution in [3.05, 3.63) is 33.0 Å². The van der Waals surface area contributed by atoms with Gasteiger partial charge >= 0.3 is 5.69 Å². The van der Waals surface area contributed by atoms with Crippen LogP contribution in [0.2, 0.25) is 0 Å². The lowest BCUT2D eigenvalue weighted by molar-refractivity contribution is 0.603. The lowest BCUT2D eigenvalue weighted by atomic mass is 10.1. The summed E-state index contributed by atoms with van der Waals surface area (Å²) in [4.78, 5) is 31.1. The molecule has 0 bridgehead atoms. The van der Waals surface area contributed by atoms with Gasteiger partial charge in [-0.15, -0.1) is 0 Å². The summed E-state index contributed by atoms with van der Waals surface area (Å²) in [6.45, 7) is 8.63. The Kier molecular flexibility index (Phi) is 7.75. The molecular formula is C19H30N4O2S. The summed E-state index contributed by atoms with van der Waals surface area (Å²) in [5.74, 6) is 0.957. The van der Waals surface area contributed by atoms with Gasteiger partial charge in [0.1, 0.15) is 0 Å². The van der Waals surface area contributed by atoms with Crippen molar-refractivity contribution in [3.63, 3.8) is 0 Å². The van der Waals surface area contributed by atoms with Gasteiger partial charge in [0.05, 0.1) is 0 Å². The number of aromatic nitrogens is 4. The third kappa shape index (κ3) is 5.13. The number of nitrogens with one attached hydrogen (secondary N) is 1. The van der Waals surface area contributed by atoms with Crippen LogP contribution in [0.1, 0.15) is 58.8 Å². The van der Waals surface area contributed by atoms with Crippen LogP contribution in [0.15, 0.2) is 26.9 Å². The highest BCUT2D eigenvalue weighted by atomic mass is 32.2. The van der Waals surface area contributed by atoms with Crippen LogP contribution in [0.4, 0.5) is 0 Å². The molecule has 2 aromatic rings. The Bertz CT molecular complexity index is 863. The molecule has 0 radical (unpaired) electrons. The van der Waals surface area contributed by atoms with Crippen LogP contribution in [0.5, 0.6) is 0 Å². The fraction of sp³-hybridized carbons (Fsp3) is 0.632. The molecular weight excluding hydrogens is 348 g/mol. The SMILES string of the molecule is C=C(C)Cn1c(SCCCCCCCCC)nc2c1c(=O)[nH]c(=O)n2C. The van der Waals surface area contributed by atoms with Gasteiger partial charge in [-0.05, 0) is 13.3 Å². The Morgan fingerprint density at radius 3 is 2.46 bits per heavy atom. The molecule has 7 heteroatoms. The van der Waals surface area contributed by atoms with E-state index >= 15 is 0 Å². The van der Waals surface area contributed by atoms with Crippen molar-refractivity contribution in [1.29, 1.82) is 0 Å². The smallest absolute Gasteiger partial charge is 0.309 e. The second-order valence-electron chi connectivity index (χ2n) is 6.90. The minimum Gasteiger partial charge on any atom is -0.309 e. The van der Waals surface area contributed by atoms with E-state index in [4.69, 9.17) is 0 Å². The largest absolute Gasteiger partial charge is 0.329 e. The van der Waals surface area contributed by atoms with E-state index in [-0.39, 0.29) is 5.56 Å². The number of rotatable bonds is 11. The van der Waals surface area contributed by atoms with Crippen molar-refractivity contribution in [3.8, 4) is 0 Å². The molecule has 0 aromatic carbocycles. The van der Waals surface area contributed by atoms with Crippen molar-refractivity contribution >= 4 is 22.9 Å². The van der Waals surface area contributed by atoms with Crippen molar-refractivity contribution in [1.82, 2.24) is 19.1 Å². The summed E-state index contributed by atoms with van der Waals surface area (Å²) in [5.41, 5.74) is 0.986. The molecule has 2 heterocycles. The van der Waals surface area contributed by atoms with Crippen LogP contribution < -0.4 is 11.2 Å². The first-order valence-electron chi connectivity index (χ1n) is 9.42. The summed E-state index contributed by atoms with van der Waals surface area (Å²) in [6, 6.07) is 0. The van der Waals surface area contributed by atoms with Crippen LogP contribution in [0, 0.1) is 0 Å². The molecule has 0 unspecified atom stereocenters. The number of H-pyrrole nitrogens is 1. The molecule has 0 amide bonds. The topological polar surface area (TPSA) is 72.7 Å². The predicted molar refractivity (Wildman–Crippen MR) is 109 cm³/mol. The molecule has 0 aliphatic rings. The number of allylic oxidation sites excluding steroid dienone is 1. The molecule has 0 saturated carbocycles. The number of aromatic amines is 1. The highest BCUT2D eigenvalue weighted by molar-refractivity contribution is 7.99. The predicted octanol–water partition coefficient (Wildman–Crippen LogP) is 3.84. The summed E-state index contributed by atoms with van der Waals surface area (Å²) in [5, 5.41) is 0.778. The first kappa shape index (κ1) is 20.6. The van der Waals surface area contributed by atoms with Gasteiger partial charge in [-0.1, -0.05) is 69.4 Å². The van der Waals surface area contributed by atoms with Crippen LogP contribution in [0.3, 0.4) is 0 Å². The van der Waals surface area contributed by atoms with E-state index in [2.05, 4.69) is 23.5 Å². The van der Waals surface area contributed by atoms with Crippen molar-refractivity contribution in [2.24, 2.45) is 7.05 Å². The molecule has 0 saturated heterocycles. The molecule has 0 aliphatic carbocycles. The minimum absolute atomic E-state index is 0.389. The Morgan fingerprint density at radius 2 is 1.81 bits per heavy atom. The van der Waals surface area contributed by atoms with Gasteiger partial charge in [0, 0.05) is 19.3 Å². The quantitative estimate of drug-likeness (QED) is 0.366. The second kappa shape index (κ2) is 9.80. The minimum atomic E-state index is -0.439. The number of hydrogen-bond acceptors (Lipinski definition) is 4. The van der Waals surface area contributed by atoms with Crippen molar-refractivity contribution in [2.75, 3.05) is 5.75 Å². The Balaban J connectivity index is 2.10. The molecule has 0 aliphatic heterocycles. The summed E-state index contributed by atoms with van der Waals surface area (Å²) in [6.07, 6.45) is 8.86. The van der Waals surface area contributed by atoms with E-state index in [1.807, 2.05) is 11.5 Å². The molecule has 0 atom stereocenters. The van der Waals surface area contributed by atoms with E-state index in [0.717, 1.165) is 22.9 Å². The normalized spacial score (nSPS) is 11.3. The van der Waals surface area contributed by atoms with Crippen LogP contribution in [0.25, 0.3) is 11.2 Å². The number of unbranched alkanes of at least 4 members (excludes halogenated alkanes) is 6. The molecule has 26 heavy (non-hydrogen) atoms. The average molecular weight is 379 g/mol. The van der Waals surface area contributed by atoms with Gasteiger partial charge in [-0.2, -0.15) is 0 Å². The number of aryl methyl sites for hydroxylation is 1. The zero-order valence-electron chi connectivity index (χ0n) is 16.1. The fourth-order valence-corrected chi connectivity index (χ4v) is 3.96. The highest BCUT2D eigenvalue weighted by Gasteiger charge is 2.17. The van der Waals surface area contributed by atoms with Gasteiger partial charge in [0.2, 0.25) is 0 Å². The van der Waals surface area contributed by atoms with Crippen molar-refractivity contribution in [2.45, 2.75) is 70.5 Å². The number of fused-ring (bicyclic) bond motifs is 1. The van der Waals surface area contributed by atoms with Gasteiger partial charge in [0.15, 0.2) is 16.3 Å². The summed E-state index contributed by atoms with van der Waals surface area (Å²) < 4.78 is 3.27. The molecule has 2 rings (SSSR count). The first-order chi connectivity index (χ1) is 12.5. The fourth-order valence-electron chi connectivity index (χ4n) is 2.96. The number of imidazole rings is 1. The molecule has 0 spiro atoms. The Labute approximate surface area is 158 Å². The third-order valence-corrected chi connectivity index (χ3v) is 5.44. The monoisotopic (exact) mass is 378 g/mol. The Morgan fingerprint density at radius 1 is 1.15 bits per heavy atom. The number of thioether (sulfide) groups is 1. The molecule has 2 aromatic heterocycles. The summed E-state index contributed by atoms with van der Waals surface area (Å²) in [7, 11) is 1.63. The van der Waals surface area contributed by atoms with E-state index in [1.54, 1.807) is 18.8 Å². The Hall–Kier alpha value is -1.76. The standard InChI is InChI=1S/C19H30N4O2S/c1-5-6-7-8-9-10-11-12-26-19-20-16-15(23(19)13-14(2)3)17(24)21-18(25)22(16)4/h2,5-13H2,1,3-4H3,(H,21,24,25).